The molecule has 1 N–H and O–H groups in total. The summed E-state index contributed by atoms with van der Waals surface area (Å²) in [6, 6.07) is 7.62. The smallest absolute Gasteiger partial charge is 0.265 e. The Labute approximate surface area is 122 Å². The van der Waals surface area contributed by atoms with Crippen molar-refractivity contribution in [3.05, 3.63) is 47.4 Å². The fraction of sp³-hybridized carbons (Fsp3) is 0.200. The van der Waals surface area contributed by atoms with Crippen LogP contribution in [0.15, 0.2) is 52.3 Å². The van der Waals surface area contributed by atoms with Gasteiger partial charge in [0.1, 0.15) is 0 Å². The molecule has 104 valence electrons. The molecule has 20 heavy (non-hydrogen) atoms. The molecular weight excluding hydrogens is 272 g/mol. The number of thioether (sulfide) groups is 1. The first-order valence-corrected chi connectivity index (χ1v) is 6.99. The highest BCUT2D eigenvalue weighted by molar-refractivity contribution is 8.04. The zero-order valence-corrected chi connectivity index (χ0v) is 12.3. The molecule has 0 aromatic heterocycles. The topological polar surface area (TPSA) is 49.4 Å². The van der Waals surface area contributed by atoms with Crippen LogP contribution in [0.2, 0.25) is 0 Å². The molecule has 0 fully saturated rings. The van der Waals surface area contributed by atoms with Crippen LogP contribution in [0.3, 0.4) is 0 Å². The summed E-state index contributed by atoms with van der Waals surface area (Å²) in [6.45, 7) is 5.96. The van der Waals surface area contributed by atoms with Crippen LogP contribution in [-0.4, -0.2) is 25.4 Å². The summed E-state index contributed by atoms with van der Waals surface area (Å²) in [5.41, 5.74) is 1.73. The highest BCUT2D eigenvalue weighted by Gasteiger charge is 2.26. The van der Waals surface area contributed by atoms with Crippen LogP contribution in [0.5, 0.6) is 0 Å². The first kappa shape index (κ1) is 14.4. The van der Waals surface area contributed by atoms with E-state index in [0.29, 0.717) is 11.4 Å². The van der Waals surface area contributed by atoms with Gasteiger partial charge in [0.2, 0.25) is 5.91 Å². The molecule has 1 aliphatic heterocycles. The Bertz CT molecular complexity index is 608. The van der Waals surface area contributed by atoms with Crippen LogP contribution in [0.25, 0.3) is 0 Å². The van der Waals surface area contributed by atoms with Crippen molar-refractivity contribution < 1.29 is 9.59 Å². The summed E-state index contributed by atoms with van der Waals surface area (Å²) in [4.78, 5) is 26.9. The van der Waals surface area contributed by atoms with Crippen molar-refractivity contribution in [2.24, 2.45) is 0 Å². The number of nitrogens with one attached hydrogen (secondary N) is 1. The summed E-state index contributed by atoms with van der Waals surface area (Å²) >= 11 is 1.32. The van der Waals surface area contributed by atoms with E-state index in [4.69, 9.17) is 0 Å². The number of fused-ring (bicyclic) bond motifs is 1. The Balaban J connectivity index is 2.20. The maximum atomic E-state index is 12.2. The van der Waals surface area contributed by atoms with E-state index in [1.165, 1.54) is 17.8 Å². The summed E-state index contributed by atoms with van der Waals surface area (Å²) in [5, 5.41) is 2.69. The molecule has 0 aliphatic carbocycles. The predicted molar refractivity (Wildman–Crippen MR) is 81.6 cm³/mol. The van der Waals surface area contributed by atoms with Gasteiger partial charge in [-0.3, -0.25) is 9.59 Å². The summed E-state index contributed by atoms with van der Waals surface area (Å²) < 4.78 is 0. The fourth-order valence-electron chi connectivity index (χ4n) is 1.76. The number of rotatable bonds is 3. The van der Waals surface area contributed by atoms with Crippen LogP contribution in [0.4, 0.5) is 5.69 Å². The molecule has 4 nitrogen and oxygen atoms in total. The largest absolute Gasteiger partial charge is 0.349 e. The number of benzene rings is 1. The maximum absolute atomic E-state index is 12.2. The van der Waals surface area contributed by atoms with Gasteiger partial charge in [-0.2, -0.15) is 0 Å². The van der Waals surface area contributed by atoms with Crippen molar-refractivity contribution in [1.82, 2.24) is 5.32 Å². The van der Waals surface area contributed by atoms with Gasteiger partial charge in [0.25, 0.3) is 5.91 Å². The SMILES string of the molecule is C=C(C)CNC(=O)/C=C1/Sc2ccccc2N(C)C1=O. The second-order valence-electron chi connectivity index (χ2n) is 4.62. The minimum atomic E-state index is -0.281. The van der Waals surface area contributed by atoms with Gasteiger partial charge in [-0.1, -0.05) is 36.0 Å². The van der Waals surface area contributed by atoms with E-state index >= 15 is 0 Å². The number of hydrogen-bond acceptors (Lipinski definition) is 3. The predicted octanol–water partition coefficient (Wildman–Crippen LogP) is 2.33. The van der Waals surface area contributed by atoms with Gasteiger partial charge >= 0.3 is 0 Å². The number of amides is 2. The highest BCUT2D eigenvalue weighted by atomic mass is 32.2. The molecule has 0 atom stereocenters. The molecule has 1 aromatic rings. The van der Waals surface area contributed by atoms with Crippen LogP contribution < -0.4 is 10.2 Å². The standard InChI is InChI=1S/C15H16N2O2S/c1-10(2)9-16-14(18)8-13-15(19)17(3)11-6-4-5-7-12(11)20-13/h4-8H,1,9H2,2-3H3,(H,16,18)/b13-8+. The third kappa shape index (κ3) is 3.11. The van der Waals surface area contributed by atoms with E-state index in [1.807, 2.05) is 31.2 Å². The number of likely N-dealkylation sites (N-methyl/N-ethyl adjacent to an activating group) is 1. The molecule has 0 unspecified atom stereocenters. The van der Waals surface area contributed by atoms with Crippen molar-refractivity contribution in [2.45, 2.75) is 11.8 Å². The zero-order chi connectivity index (χ0) is 14.7. The van der Waals surface area contributed by atoms with Crippen LogP contribution in [-0.2, 0) is 9.59 Å². The maximum Gasteiger partial charge on any atom is 0.265 e. The van der Waals surface area contributed by atoms with Crippen molar-refractivity contribution in [3.8, 4) is 0 Å². The first-order valence-electron chi connectivity index (χ1n) is 6.18. The van der Waals surface area contributed by atoms with E-state index in [2.05, 4.69) is 11.9 Å². The number of hydrogen-bond donors (Lipinski definition) is 1. The Morgan fingerprint density at radius 1 is 1.45 bits per heavy atom. The minimum Gasteiger partial charge on any atom is -0.349 e. The molecule has 2 amide bonds. The van der Waals surface area contributed by atoms with Gasteiger partial charge in [0.15, 0.2) is 0 Å². The van der Waals surface area contributed by atoms with Gasteiger partial charge in [0, 0.05) is 24.6 Å². The molecule has 1 aromatic carbocycles. The fourth-order valence-corrected chi connectivity index (χ4v) is 2.84. The molecule has 0 radical (unpaired) electrons. The van der Waals surface area contributed by atoms with Crippen molar-refractivity contribution >= 4 is 29.3 Å². The number of carbonyl (C=O) groups is 2. The third-order valence-electron chi connectivity index (χ3n) is 2.79. The molecule has 0 saturated carbocycles. The molecule has 1 aliphatic rings. The van der Waals surface area contributed by atoms with Gasteiger partial charge in [-0.05, 0) is 19.1 Å². The Morgan fingerprint density at radius 2 is 2.15 bits per heavy atom. The lowest BCUT2D eigenvalue weighted by molar-refractivity contribution is -0.117. The average molecular weight is 288 g/mol. The van der Waals surface area contributed by atoms with Gasteiger partial charge in [0.05, 0.1) is 10.6 Å². The van der Waals surface area contributed by atoms with E-state index in [-0.39, 0.29) is 11.8 Å². The molecule has 5 heteroatoms. The lowest BCUT2D eigenvalue weighted by Crippen LogP contribution is -2.31. The summed E-state index contributed by atoms with van der Waals surface area (Å²) in [5.74, 6) is -0.448. The lowest BCUT2D eigenvalue weighted by Gasteiger charge is -2.26. The number of carbonyl (C=O) groups excluding carboxylic acids is 2. The van der Waals surface area contributed by atoms with Crippen molar-refractivity contribution in [3.63, 3.8) is 0 Å². The second kappa shape index (κ2) is 5.96. The highest BCUT2D eigenvalue weighted by Crippen LogP contribution is 2.40. The molecule has 0 spiro atoms. The third-order valence-corrected chi connectivity index (χ3v) is 3.87. The van der Waals surface area contributed by atoms with Gasteiger partial charge in [-0.25, -0.2) is 0 Å². The lowest BCUT2D eigenvalue weighted by atomic mass is 10.2. The van der Waals surface area contributed by atoms with Crippen molar-refractivity contribution in [2.75, 3.05) is 18.5 Å². The molecule has 2 rings (SSSR count). The van der Waals surface area contributed by atoms with E-state index in [9.17, 15) is 9.59 Å². The Morgan fingerprint density at radius 3 is 2.85 bits per heavy atom. The number of para-hydroxylation sites is 1. The van der Waals surface area contributed by atoms with E-state index < -0.39 is 0 Å². The number of nitrogens with zero attached hydrogens (tertiary/aromatic N) is 1. The molecular formula is C15H16N2O2S. The monoisotopic (exact) mass is 288 g/mol. The Kier molecular flexibility index (Phi) is 4.29. The first-order chi connectivity index (χ1) is 9.49. The molecule has 1 heterocycles. The zero-order valence-electron chi connectivity index (χ0n) is 11.5. The second-order valence-corrected chi connectivity index (χ2v) is 5.70. The molecule has 0 saturated heterocycles. The van der Waals surface area contributed by atoms with Crippen LogP contribution in [0, 0.1) is 0 Å². The average Bonchev–Trinajstić information content (AvgIpc) is 2.42. The van der Waals surface area contributed by atoms with Gasteiger partial charge in [-0.15, -0.1) is 0 Å². The van der Waals surface area contributed by atoms with E-state index in [0.717, 1.165) is 16.2 Å². The van der Waals surface area contributed by atoms with Crippen LogP contribution in [0.1, 0.15) is 6.92 Å². The quantitative estimate of drug-likeness (QED) is 0.686. The number of anilines is 1. The van der Waals surface area contributed by atoms with E-state index in [1.54, 1.807) is 11.9 Å². The van der Waals surface area contributed by atoms with Crippen LogP contribution >= 0.6 is 11.8 Å². The summed E-state index contributed by atoms with van der Waals surface area (Å²) in [7, 11) is 1.71. The summed E-state index contributed by atoms with van der Waals surface area (Å²) in [6.07, 6.45) is 1.35. The normalized spacial score (nSPS) is 16.0. The van der Waals surface area contributed by atoms with Gasteiger partial charge < -0.3 is 10.2 Å². The Hall–Kier alpha value is -2.01. The minimum absolute atomic E-state index is 0.167. The van der Waals surface area contributed by atoms with Crippen molar-refractivity contribution in [1.29, 1.82) is 0 Å². The molecule has 0 bridgehead atoms.